The normalized spacial score (nSPS) is 12.5. The average Bonchev–Trinajstić information content (AvgIpc) is 3.38. The van der Waals surface area contributed by atoms with Crippen LogP contribution in [0.15, 0.2) is 64.1 Å². The molecule has 1 atom stereocenters. The second-order valence-corrected chi connectivity index (χ2v) is 10.6. The Kier molecular flexibility index (Phi) is 6.99. The maximum Gasteiger partial charge on any atom is 0.227 e. The van der Waals surface area contributed by atoms with Crippen LogP contribution < -0.4 is 4.74 Å². The molecule has 0 saturated heterocycles. The highest BCUT2D eigenvalue weighted by Gasteiger charge is 2.28. The van der Waals surface area contributed by atoms with Crippen molar-refractivity contribution in [3.8, 4) is 5.75 Å². The van der Waals surface area contributed by atoms with Crippen LogP contribution in [0.25, 0.3) is 0 Å². The average molecular weight is 448 g/mol. The van der Waals surface area contributed by atoms with E-state index in [2.05, 4.69) is 0 Å². The zero-order valence-electron chi connectivity index (χ0n) is 17.2. The molecule has 1 amide bonds. The van der Waals surface area contributed by atoms with E-state index < -0.39 is 15.8 Å². The molecule has 30 heavy (non-hydrogen) atoms. The van der Waals surface area contributed by atoms with Gasteiger partial charge in [-0.05, 0) is 55.5 Å². The fourth-order valence-electron chi connectivity index (χ4n) is 3.15. The molecule has 1 unspecified atom stereocenters. The highest BCUT2D eigenvalue weighted by Crippen LogP contribution is 2.23. The summed E-state index contributed by atoms with van der Waals surface area (Å²) in [6.45, 7) is 4.36. The van der Waals surface area contributed by atoms with Gasteiger partial charge in [-0.3, -0.25) is 4.79 Å². The van der Waals surface area contributed by atoms with E-state index in [1.165, 1.54) is 19.2 Å². The maximum atomic E-state index is 13.2. The number of sulfone groups is 1. The van der Waals surface area contributed by atoms with E-state index in [9.17, 15) is 13.2 Å². The van der Waals surface area contributed by atoms with Gasteiger partial charge in [-0.2, -0.15) is 0 Å². The van der Waals surface area contributed by atoms with Crippen molar-refractivity contribution in [1.29, 1.82) is 0 Å². The Morgan fingerprint density at radius 3 is 2.43 bits per heavy atom. The van der Waals surface area contributed by atoms with Crippen molar-refractivity contribution in [3.63, 3.8) is 0 Å². The lowest BCUT2D eigenvalue weighted by Crippen LogP contribution is -2.36. The Morgan fingerprint density at radius 2 is 1.87 bits per heavy atom. The molecule has 3 aromatic rings. The number of aryl methyl sites for hydroxylation is 1. The van der Waals surface area contributed by atoms with Crippen molar-refractivity contribution in [2.45, 2.75) is 31.8 Å². The van der Waals surface area contributed by atoms with Crippen LogP contribution in [0, 0.1) is 12.8 Å². The van der Waals surface area contributed by atoms with Crippen LogP contribution in [0.3, 0.4) is 0 Å². The van der Waals surface area contributed by atoms with Crippen molar-refractivity contribution in [1.82, 2.24) is 4.90 Å². The minimum atomic E-state index is -3.62. The molecule has 160 valence electrons. The number of thiophene rings is 1. The molecule has 0 aliphatic carbocycles. The number of ether oxygens (including phenoxy) is 1. The molecule has 1 aromatic carbocycles. The van der Waals surface area contributed by atoms with Crippen LogP contribution in [-0.4, -0.2) is 32.1 Å². The second kappa shape index (κ2) is 9.49. The van der Waals surface area contributed by atoms with Crippen molar-refractivity contribution in [3.05, 3.63) is 70.3 Å². The van der Waals surface area contributed by atoms with Gasteiger partial charge in [0.05, 0.1) is 37.1 Å². The summed E-state index contributed by atoms with van der Waals surface area (Å²) in [6.07, 6.45) is 1.56. The Balaban J connectivity index is 1.76. The third-order valence-electron chi connectivity index (χ3n) is 4.69. The van der Waals surface area contributed by atoms with E-state index >= 15 is 0 Å². The number of amides is 1. The number of hydrogen-bond donors (Lipinski definition) is 0. The fraction of sp³-hybridized carbons (Fsp3) is 0.318. The third kappa shape index (κ3) is 5.52. The summed E-state index contributed by atoms with van der Waals surface area (Å²) < 4.78 is 36.1. The molecule has 8 heteroatoms. The van der Waals surface area contributed by atoms with Crippen LogP contribution in [0.5, 0.6) is 5.75 Å². The molecule has 3 rings (SSSR count). The number of carbonyl (C=O) groups excluding carboxylic acids is 1. The van der Waals surface area contributed by atoms with E-state index in [0.29, 0.717) is 18.1 Å². The van der Waals surface area contributed by atoms with Crippen LogP contribution in [0.4, 0.5) is 0 Å². The van der Waals surface area contributed by atoms with Crippen LogP contribution >= 0.6 is 11.3 Å². The Morgan fingerprint density at radius 1 is 1.13 bits per heavy atom. The van der Waals surface area contributed by atoms with Crippen molar-refractivity contribution >= 4 is 27.1 Å². The largest absolute Gasteiger partial charge is 0.497 e. The minimum Gasteiger partial charge on any atom is -0.497 e. The third-order valence-corrected chi connectivity index (χ3v) is 7.61. The van der Waals surface area contributed by atoms with Gasteiger partial charge in [0.15, 0.2) is 9.84 Å². The van der Waals surface area contributed by atoms with Crippen LogP contribution in [0.1, 0.15) is 22.4 Å². The molecular weight excluding hydrogens is 422 g/mol. The van der Waals surface area contributed by atoms with Gasteiger partial charge in [0, 0.05) is 15.7 Å². The summed E-state index contributed by atoms with van der Waals surface area (Å²) >= 11 is 1.62. The smallest absolute Gasteiger partial charge is 0.227 e. The molecule has 6 nitrogen and oxygen atoms in total. The number of carbonyl (C=O) groups is 1. The summed E-state index contributed by atoms with van der Waals surface area (Å²) in [5.41, 5.74) is 0. The standard InChI is InChI=1S/C22H25NO5S2/c1-16(15-30(25,26)21-10-7-18(27-3)8-11-21)22(24)23(13-19-5-4-12-28-19)14-20-9-6-17(2)29-20/h4-12,16H,13-15H2,1-3H3. The number of furan rings is 1. The number of benzene rings is 1. The van der Waals surface area contributed by atoms with Gasteiger partial charge in [0.2, 0.25) is 5.91 Å². The lowest BCUT2D eigenvalue weighted by Gasteiger charge is -2.24. The monoisotopic (exact) mass is 447 g/mol. The SMILES string of the molecule is COc1ccc(S(=O)(=O)CC(C)C(=O)N(Cc2ccco2)Cc2ccc(C)s2)cc1. The molecule has 2 heterocycles. The highest BCUT2D eigenvalue weighted by molar-refractivity contribution is 7.91. The van der Waals surface area contributed by atoms with E-state index in [4.69, 9.17) is 9.15 Å². The summed E-state index contributed by atoms with van der Waals surface area (Å²) in [7, 11) is -2.10. The molecule has 0 saturated carbocycles. The fourth-order valence-corrected chi connectivity index (χ4v) is 5.60. The number of nitrogens with zero attached hydrogens (tertiary/aromatic N) is 1. The van der Waals surface area contributed by atoms with Crippen molar-refractivity contribution < 1.29 is 22.4 Å². The van der Waals surface area contributed by atoms with Crippen LogP contribution in [0.2, 0.25) is 0 Å². The molecule has 2 aromatic heterocycles. The van der Waals surface area contributed by atoms with Gasteiger partial charge in [-0.25, -0.2) is 8.42 Å². The lowest BCUT2D eigenvalue weighted by molar-refractivity contribution is -0.135. The molecule has 0 radical (unpaired) electrons. The topological polar surface area (TPSA) is 76.8 Å². The zero-order valence-corrected chi connectivity index (χ0v) is 18.8. The first-order valence-corrected chi connectivity index (χ1v) is 12.0. The second-order valence-electron chi connectivity index (χ2n) is 7.14. The van der Waals surface area contributed by atoms with Gasteiger partial charge >= 0.3 is 0 Å². The Bertz CT molecular complexity index is 1070. The van der Waals surface area contributed by atoms with E-state index in [1.807, 2.05) is 19.1 Å². The predicted octanol–water partition coefficient (Wildman–Crippen LogP) is 4.30. The summed E-state index contributed by atoms with van der Waals surface area (Å²) in [5.74, 6) is 0.0365. The van der Waals surface area contributed by atoms with Crippen molar-refractivity contribution in [2.75, 3.05) is 12.9 Å². The zero-order chi connectivity index (χ0) is 21.7. The van der Waals surface area contributed by atoms with E-state index in [1.54, 1.807) is 53.7 Å². The number of hydrogen-bond acceptors (Lipinski definition) is 6. The highest BCUT2D eigenvalue weighted by atomic mass is 32.2. The predicted molar refractivity (Wildman–Crippen MR) is 116 cm³/mol. The minimum absolute atomic E-state index is 0.175. The molecule has 0 bridgehead atoms. The maximum absolute atomic E-state index is 13.2. The molecule has 0 aliphatic rings. The summed E-state index contributed by atoms with van der Waals surface area (Å²) in [6, 6.07) is 13.8. The summed E-state index contributed by atoms with van der Waals surface area (Å²) in [5, 5.41) is 0. The van der Waals surface area contributed by atoms with Gasteiger partial charge in [0.1, 0.15) is 11.5 Å². The van der Waals surface area contributed by atoms with Gasteiger partial charge in [0.25, 0.3) is 0 Å². The molecule has 0 fully saturated rings. The van der Waals surface area contributed by atoms with Crippen molar-refractivity contribution in [2.24, 2.45) is 5.92 Å². The van der Waals surface area contributed by atoms with Gasteiger partial charge in [-0.1, -0.05) is 6.92 Å². The quantitative estimate of drug-likeness (QED) is 0.489. The first kappa shape index (κ1) is 22.1. The van der Waals surface area contributed by atoms with Gasteiger partial charge < -0.3 is 14.1 Å². The number of rotatable bonds is 9. The van der Waals surface area contributed by atoms with Gasteiger partial charge in [-0.15, -0.1) is 11.3 Å². The summed E-state index contributed by atoms with van der Waals surface area (Å²) in [4.78, 5) is 17.2. The van der Waals surface area contributed by atoms with E-state index in [-0.39, 0.29) is 23.1 Å². The first-order valence-electron chi connectivity index (χ1n) is 9.52. The molecule has 0 spiro atoms. The molecule has 0 N–H and O–H groups in total. The Hall–Kier alpha value is -2.58. The van der Waals surface area contributed by atoms with Crippen LogP contribution in [-0.2, 0) is 27.7 Å². The molecular formula is C22H25NO5S2. The Labute approximate surface area is 181 Å². The number of methoxy groups -OCH3 is 1. The first-order chi connectivity index (χ1) is 14.3. The molecule has 0 aliphatic heterocycles. The lowest BCUT2D eigenvalue weighted by atomic mass is 10.1. The van der Waals surface area contributed by atoms with E-state index in [0.717, 1.165) is 9.75 Å².